The van der Waals surface area contributed by atoms with Gasteiger partial charge in [0.05, 0.1) is 0 Å². The van der Waals surface area contributed by atoms with Crippen LogP contribution in [0.25, 0.3) is 0 Å². The van der Waals surface area contributed by atoms with Crippen LogP contribution in [0.4, 0.5) is 0 Å². The Morgan fingerprint density at radius 2 is 1.35 bits per heavy atom. The summed E-state index contributed by atoms with van der Waals surface area (Å²) < 4.78 is 0. The van der Waals surface area contributed by atoms with E-state index in [2.05, 4.69) is 9.80 Å². The zero-order valence-corrected chi connectivity index (χ0v) is 13.1. The lowest BCUT2D eigenvalue weighted by molar-refractivity contribution is 0.0654. The molecule has 114 valence electrons. The van der Waals surface area contributed by atoms with Crippen molar-refractivity contribution in [1.29, 1.82) is 0 Å². The number of rotatable bonds is 2. The van der Waals surface area contributed by atoms with E-state index >= 15 is 0 Å². The van der Waals surface area contributed by atoms with Gasteiger partial charge in [0.15, 0.2) is 0 Å². The Hall–Kier alpha value is -0.0800. The first kappa shape index (κ1) is 13.6. The summed E-state index contributed by atoms with van der Waals surface area (Å²) in [5, 5.41) is 0. The summed E-state index contributed by atoms with van der Waals surface area (Å²) in [6, 6.07) is 1.90. The molecule has 2 saturated heterocycles. The third kappa shape index (κ3) is 2.66. The van der Waals surface area contributed by atoms with Crippen molar-refractivity contribution >= 4 is 0 Å². The molecular formula is C18H32N2. The molecule has 20 heavy (non-hydrogen) atoms. The van der Waals surface area contributed by atoms with Crippen LogP contribution >= 0.6 is 0 Å². The molecule has 0 N–H and O–H groups in total. The van der Waals surface area contributed by atoms with Crippen molar-refractivity contribution in [3.05, 3.63) is 0 Å². The monoisotopic (exact) mass is 276 g/mol. The van der Waals surface area contributed by atoms with Gasteiger partial charge in [-0.25, -0.2) is 0 Å². The van der Waals surface area contributed by atoms with Gasteiger partial charge in [0.1, 0.15) is 0 Å². The number of fused-ring (bicyclic) bond motifs is 2. The third-order valence-corrected chi connectivity index (χ3v) is 6.83. The second-order valence-corrected chi connectivity index (χ2v) is 7.96. The van der Waals surface area contributed by atoms with E-state index in [-0.39, 0.29) is 0 Å². The standard InChI is InChI=1S/C18H32N2/c1-2-4-10-19(9-3-1)17-7-11-20(12-8-17)18-14-15-5-6-16(18)13-15/h15-18H,1-14H2/t15-,16+,18+/m0/s1. The highest BCUT2D eigenvalue weighted by Crippen LogP contribution is 2.47. The number of hydrogen-bond donors (Lipinski definition) is 0. The first-order valence-corrected chi connectivity index (χ1v) is 9.38. The molecule has 2 bridgehead atoms. The average molecular weight is 276 g/mol. The van der Waals surface area contributed by atoms with Gasteiger partial charge in [0.25, 0.3) is 0 Å². The van der Waals surface area contributed by atoms with E-state index in [0.29, 0.717) is 0 Å². The van der Waals surface area contributed by atoms with Gasteiger partial charge in [0, 0.05) is 12.1 Å². The molecule has 0 aromatic carbocycles. The quantitative estimate of drug-likeness (QED) is 0.761. The molecule has 4 fully saturated rings. The first-order chi connectivity index (χ1) is 9.90. The van der Waals surface area contributed by atoms with E-state index < -0.39 is 0 Å². The lowest BCUT2D eigenvalue weighted by Gasteiger charge is -2.42. The molecule has 2 heterocycles. The molecule has 4 rings (SSSR count). The molecule has 2 nitrogen and oxygen atoms in total. The van der Waals surface area contributed by atoms with Gasteiger partial charge < -0.3 is 4.90 Å². The van der Waals surface area contributed by atoms with Crippen LogP contribution in [0.15, 0.2) is 0 Å². The highest BCUT2D eigenvalue weighted by atomic mass is 15.2. The maximum Gasteiger partial charge on any atom is 0.0126 e. The maximum absolute atomic E-state index is 2.89. The third-order valence-electron chi connectivity index (χ3n) is 6.83. The van der Waals surface area contributed by atoms with Gasteiger partial charge in [-0.2, -0.15) is 0 Å². The summed E-state index contributed by atoms with van der Waals surface area (Å²) in [7, 11) is 0. The van der Waals surface area contributed by atoms with Crippen LogP contribution in [0.1, 0.15) is 64.2 Å². The molecule has 2 aliphatic carbocycles. The molecule has 2 heteroatoms. The molecule has 4 aliphatic rings. The largest absolute Gasteiger partial charge is 0.300 e. The summed E-state index contributed by atoms with van der Waals surface area (Å²) in [6.07, 6.45) is 14.9. The zero-order chi connectivity index (χ0) is 13.4. The minimum absolute atomic E-state index is 0.919. The molecule has 2 aliphatic heterocycles. The SMILES string of the molecule is C1CCCN(C2CCN([C@@H]3C[C@H]4CC[C@@H]3C4)CC2)CC1. The maximum atomic E-state index is 2.89. The lowest BCUT2D eigenvalue weighted by atomic mass is 9.91. The van der Waals surface area contributed by atoms with Crippen LogP contribution in [-0.4, -0.2) is 48.1 Å². The fraction of sp³-hybridized carbons (Fsp3) is 1.00. The van der Waals surface area contributed by atoms with Gasteiger partial charge in [-0.3, -0.25) is 4.90 Å². The fourth-order valence-electron chi connectivity index (χ4n) is 5.70. The van der Waals surface area contributed by atoms with Crippen LogP contribution < -0.4 is 0 Å². The van der Waals surface area contributed by atoms with Crippen molar-refractivity contribution in [2.75, 3.05) is 26.2 Å². The summed E-state index contributed by atoms with van der Waals surface area (Å²) in [6.45, 7) is 5.57. The Balaban J connectivity index is 1.29. The van der Waals surface area contributed by atoms with Gasteiger partial charge in [-0.1, -0.05) is 19.3 Å². The van der Waals surface area contributed by atoms with Gasteiger partial charge in [-0.05, 0) is 83.0 Å². The summed E-state index contributed by atoms with van der Waals surface area (Å²) in [5.41, 5.74) is 0. The minimum Gasteiger partial charge on any atom is -0.300 e. The normalized spacial score (nSPS) is 41.1. The van der Waals surface area contributed by atoms with Crippen molar-refractivity contribution in [2.45, 2.75) is 76.3 Å². The van der Waals surface area contributed by atoms with Gasteiger partial charge in [0.2, 0.25) is 0 Å². The lowest BCUT2D eigenvalue weighted by Crippen LogP contribution is -2.49. The molecule has 0 aromatic heterocycles. The van der Waals surface area contributed by atoms with E-state index in [9.17, 15) is 0 Å². The van der Waals surface area contributed by atoms with E-state index in [4.69, 9.17) is 0 Å². The van der Waals surface area contributed by atoms with Crippen LogP contribution in [0.5, 0.6) is 0 Å². The van der Waals surface area contributed by atoms with Gasteiger partial charge in [-0.15, -0.1) is 0 Å². The van der Waals surface area contributed by atoms with Crippen molar-refractivity contribution in [2.24, 2.45) is 11.8 Å². The fourth-order valence-corrected chi connectivity index (χ4v) is 5.70. The van der Waals surface area contributed by atoms with Crippen LogP contribution in [-0.2, 0) is 0 Å². The first-order valence-electron chi connectivity index (χ1n) is 9.38. The smallest absolute Gasteiger partial charge is 0.0126 e. The van der Waals surface area contributed by atoms with Crippen LogP contribution in [0.2, 0.25) is 0 Å². The van der Waals surface area contributed by atoms with Gasteiger partial charge >= 0.3 is 0 Å². The Morgan fingerprint density at radius 3 is 1.95 bits per heavy atom. The highest BCUT2D eigenvalue weighted by Gasteiger charge is 2.43. The Kier molecular flexibility index (Phi) is 4.05. The molecule has 0 unspecified atom stereocenters. The Morgan fingerprint density at radius 1 is 0.600 bits per heavy atom. The predicted octanol–water partition coefficient (Wildman–Crippen LogP) is 3.52. The number of likely N-dealkylation sites (tertiary alicyclic amines) is 2. The van der Waals surface area contributed by atoms with Crippen molar-refractivity contribution in [3.8, 4) is 0 Å². The van der Waals surface area contributed by atoms with E-state index in [1.54, 1.807) is 25.7 Å². The average Bonchev–Trinajstić information content (AvgIpc) is 3.02. The molecule has 0 spiro atoms. The highest BCUT2D eigenvalue weighted by molar-refractivity contribution is 4.97. The number of piperidine rings is 1. The zero-order valence-electron chi connectivity index (χ0n) is 13.1. The topological polar surface area (TPSA) is 6.48 Å². The van der Waals surface area contributed by atoms with Crippen LogP contribution in [0, 0.1) is 11.8 Å². The molecule has 0 amide bonds. The van der Waals surface area contributed by atoms with Crippen molar-refractivity contribution in [1.82, 2.24) is 9.80 Å². The van der Waals surface area contributed by atoms with E-state index in [0.717, 1.165) is 23.9 Å². The second-order valence-electron chi connectivity index (χ2n) is 7.96. The molecule has 0 radical (unpaired) electrons. The van der Waals surface area contributed by atoms with Crippen molar-refractivity contribution < 1.29 is 0 Å². The van der Waals surface area contributed by atoms with Crippen molar-refractivity contribution in [3.63, 3.8) is 0 Å². The summed E-state index contributed by atoms with van der Waals surface area (Å²) >= 11 is 0. The molecule has 3 atom stereocenters. The van der Waals surface area contributed by atoms with E-state index in [1.165, 1.54) is 64.7 Å². The Bertz CT molecular complexity index is 313. The summed E-state index contributed by atoms with van der Waals surface area (Å²) in [5.74, 6) is 2.18. The van der Waals surface area contributed by atoms with E-state index in [1.807, 2.05) is 0 Å². The van der Waals surface area contributed by atoms with Crippen LogP contribution in [0.3, 0.4) is 0 Å². The number of hydrogen-bond acceptors (Lipinski definition) is 2. The minimum atomic E-state index is 0.919. The Labute approximate surface area is 124 Å². The molecule has 2 saturated carbocycles. The second kappa shape index (κ2) is 5.96. The number of nitrogens with zero attached hydrogens (tertiary/aromatic N) is 2. The predicted molar refractivity (Wildman–Crippen MR) is 83.9 cm³/mol. The molecule has 0 aromatic rings. The molecular weight excluding hydrogens is 244 g/mol. The summed E-state index contributed by atoms with van der Waals surface area (Å²) in [4.78, 5) is 5.73.